The molecule has 2 heterocycles. The zero-order valence-corrected chi connectivity index (χ0v) is 14.3. The molecule has 2 aromatic carbocycles. The highest BCUT2D eigenvalue weighted by Gasteiger charge is 2.33. The lowest BCUT2D eigenvalue weighted by Gasteiger charge is -2.30. The van der Waals surface area contributed by atoms with Crippen LogP contribution in [-0.4, -0.2) is 31.1 Å². The second-order valence-corrected chi connectivity index (χ2v) is 6.72. The summed E-state index contributed by atoms with van der Waals surface area (Å²) in [6, 6.07) is 13.3. The molecule has 0 aliphatic carbocycles. The molecule has 2 aliphatic rings. The third-order valence-electron chi connectivity index (χ3n) is 4.95. The van der Waals surface area contributed by atoms with E-state index in [1.165, 1.54) is 17.7 Å². The van der Waals surface area contributed by atoms with Crippen molar-refractivity contribution in [2.45, 2.75) is 25.3 Å². The maximum Gasteiger partial charge on any atom is 0.322 e. The number of hydrogen-bond donors (Lipinski definition) is 1. The first kappa shape index (κ1) is 16.6. The molecule has 1 saturated heterocycles. The zero-order chi connectivity index (χ0) is 18.1. The smallest absolute Gasteiger partial charge is 0.322 e. The maximum atomic E-state index is 13.1. The van der Waals surface area contributed by atoms with Gasteiger partial charge >= 0.3 is 6.03 Å². The maximum absolute atomic E-state index is 13.1. The largest absolute Gasteiger partial charge is 0.333 e. The van der Waals surface area contributed by atoms with E-state index in [0.29, 0.717) is 18.8 Å². The predicted molar refractivity (Wildman–Crippen MR) is 97.8 cm³/mol. The number of carbonyl (C=O) groups excluding carboxylic acids is 2. The van der Waals surface area contributed by atoms with Crippen molar-refractivity contribution in [3.8, 4) is 0 Å². The molecule has 0 radical (unpaired) electrons. The molecule has 3 amide bonds. The van der Waals surface area contributed by atoms with E-state index in [-0.39, 0.29) is 30.2 Å². The van der Waals surface area contributed by atoms with E-state index in [0.717, 1.165) is 18.5 Å². The molecule has 0 spiro atoms. The number of aryl methyl sites for hydroxylation is 1. The second-order valence-electron chi connectivity index (χ2n) is 6.72. The lowest BCUT2D eigenvalue weighted by Crippen LogP contribution is -2.47. The minimum Gasteiger partial charge on any atom is -0.333 e. The van der Waals surface area contributed by atoms with Gasteiger partial charge in [-0.05, 0) is 48.7 Å². The number of para-hydroxylation sites is 1. The molecular weight excluding hydrogens is 333 g/mol. The number of carbonyl (C=O) groups is 2. The summed E-state index contributed by atoms with van der Waals surface area (Å²) in [6.07, 6.45) is 2.15. The van der Waals surface area contributed by atoms with Crippen molar-refractivity contribution in [1.82, 2.24) is 5.32 Å². The number of nitrogens with zero attached hydrogens (tertiary/aromatic N) is 2. The average Bonchev–Trinajstić information content (AvgIpc) is 3.02. The lowest BCUT2D eigenvalue weighted by molar-refractivity contribution is -0.117. The van der Waals surface area contributed by atoms with Crippen LogP contribution in [0, 0.1) is 5.82 Å². The van der Waals surface area contributed by atoms with Gasteiger partial charge < -0.3 is 10.2 Å². The molecular formula is C20H20FN3O2. The molecule has 2 aliphatic heterocycles. The first-order chi connectivity index (χ1) is 12.6. The van der Waals surface area contributed by atoms with E-state index in [1.807, 2.05) is 24.3 Å². The summed E-state index contributed by atoms with van der Waals surface area (Å²) >= 11 is 0. The Kier molecular flexibility index (Phi) is 4.32. The SMILES string of the molecule is O=C1C[C@@H](NC(=O)N2CCCc3ccccc32)CN1c1ccc(F)cc1. The van der Waals surface area contributed by atoms with Gasteiger partial charge in [0.05, 0.1) is 6.04 Å². The third-order valence-corrected chi connectivity index (χ3v) is 4.95. The van der Waals surface area contributed by atoms with Gasteiger partial charge in [-0.25, -0.2) is 9.18 Å². The molecule has 4 rings (SSSR count). The van der Waals surface area contributed by atoms with E-state index in [4.69, 9.17) is 0 Å². The fourth-order valence-corrected chi connectivity index (χ4v) is 3.67. The van der Waals surface area contributed by atoms with Gasteiger partial charge in [-0.15, -0.1) is 0 Å². The Labute approximate surface area is 151 Å². The molecule has 0 saturated carbocycles. The fraction of sp³-hybridized carbons (Fsp3) is 0.300. The van der Waals surface area contributed by atoms with Crippen LogP contribution in [0.2, 0.25) is 0 Å². The topological polar surface area (TPSA) is 52.7 Å². The molecule has 1 fully saturated rings. The molecule has 2 aromatic rings. The minimum absolute atomic E-state index is 0.0686. The average molecular weight is 353 g/mol. The van der Waals surface area contributed by atoms with Crippen molar-refractivity contribution in [2.75, 3.05) is 22.9 Å². The van der Waals surface area contributed by atoms with Crippen LogP contribution < -0.4 is 15.1 Å². The summed E-state index contributed by atoms with van der Waals surface area (Å²) in [5.74, 6) is -0.407. The van der Waals surface area contributed by atoms with Gasteiger partial charge in [-0.3, -0.25) is 9.69 Å². The summed E-state index contributed by atoms with van der Waals surface area (Å²) in [5.41, 5.74) is 2.76. The van der Waals surface area contributed by atoms with Crippen LogP contribution in [0.4, 0.5) is 20.6 Å². The number of nitrogens with one attached hydrogen (secondary N) is 1. The Hall–Kier alpha value is -2.89. The van der Waals surface area contributed by atoms with Crippen molar-refractivity contribution in [3.63, 3.8) is 0 Å². The van der Waals surface area contributed by atoms with Crippen LogP contribution in [0.25, 0.3) is 0 Å². The van der Waals surface area contributed by atoms with Crippen molar-refractivity contribution in [2.24, 2.45) is 0 Å². The van der Waals surface area contributed by atoms with Gasteiger partial charge in [-0.2, -0.15) is 0 Å². The quantitative estimate of drug-likeness (QED) is 0.902. The van der Waals surface area contributed by atoms with Gasteiger partial charge in [-0.1, -0.05) is 18.2 Å². The van der Waals surface area contributed by atoms with E-state index in [1.54, 1.807) is 21.9 Å². The second kappa shape index (κ2) is 6.78. The molecule has 134 valence electrons. The number of fused-ring (bicyclic) bond motifs is 1. The predicted octanol–water partition coefficient (Wildman–Crippen LogP) is 3.09. The number of hydrogen-bond acceptors (Lipinski definition) is 2. The van der Waals surface area contributed by atoms with Gasteiger partial charge in [0.2, 0.25) is 5.91 Å². The number of anilines is 2. The number of benzene rings is 2. The van der Waals surface area contributed by atoms with E-state index < -0.39 is 0 Å². The van der Waals surface area contributed by atoms with Crippen LogP contribution in [-0.2, 0) is 11.2 Å². The van der Waals surface area contributed by atoms with Crippen LogP contribution >= 0.6 is 0 Å². The zero-order valence-electron chi connectivity index (χ0n) is 14.3. The summed E-state index contributed by atoms with van der Waals surface area (Å²) in [6.45, 7) is 1.07. The standard InChI is InChI=1S/C20H20FN3O2/c21-15-7-9-17(10-8-15)24-13-16(12-19(24)25)22-20(26)23-11-3-5-14-4-1-2-6-18(14)23/h1-2,4,6-10,16H,3,5,11-13H2,(H,22,26)/t16-/m1/s1. The summed E-state index contributed by atoms with van der Waals surface area (Å²) in [4.78, 5) is 28.4. The molecule has 0 unspecified atom stereocenters. The first-order valence-corrected chi connectivity index (χ1v) is 8.84. The summed E-state index contributed by atoms with van der Waals surface area (Å²) < 4.78 is 13.1. The van der Waals surface area contributed by atoms with Gasteiger partial charge in [0.15, 0.2) is 0 Å². The monoisotopic (exact) mass is 353 g/mol. The highest BCUT2D eigenvalue weighted by atomic mass is 19.1. The van der Waals surface area contributed by atoms with E-state index in [2.05, 4.69) is 5.32 Å². The van der Waals surface area contributed by atoms with Crippen molar-refractivity contribution in [1.29, 1.82) is 0 Å². The van der Waals surface area contributed by atoms with Crippen LogP contribution in [0.3, 0.4) is 0 Å². The highest BCUT2D eigenvalue weighted by Crippen LogP contribution is 2.27. The minimum atomic E-state index is -0.339. The van der Waals surface area contributed by atoms with Crippen LogP contribution in [0.5, 0.6) is 0 Å². The Morgan fingerprint density at radius 1 is 1.12 bits per heavy atom. The number of rotatable bonds is 2. The molecule has 6 heteroatoms. The first-order valence-electron chi connectivity index (χ1n) is 8.84. The Morgan fingerprint density at radius 3 is 2.69 bits per heavy atom. The number of urea groups is 1. The van der Waals surface area contributed by atoms with E-state index in [9.17, 15) is 14.0 Å². The van der Waals surface area contributed by atoms with Crippen LogP contribution in [0.1, 0.15) is 18.4 Å². The molecule has 1 N–H and O–H groups in total. The lowest BCUT2D eigenvalue weighted by atomic mass is 10.0. The summed E-state index contributed by atoms with van der Waals surface area (Å²) in [5, 5.41) is 2.98. The van der Waals surface area contributed by atoms with Crippen molar-refractivity contribution < 1.29 is 14.0 Å². The van der Waals surface area contributed by atoms with Gasteiger partial charge in [0.25, 0.3) is 0 Å². The van der Waals surface area contributed by atoms with Gasteiger partial charge in [0.1, 0.15) is 5.82 Å². The van der Waals surface area contributed by atoms with Crippen molar-refractivity contribution >= 4 is 23.3 Å². The Morgan fingerprint density at radius 2 is 1.88 bits per heavy atom. The highest BCUT2D eigenvalue weighted by molar-refractivity contribution is 5.98. The molecule has 0 bridgehead atoms. The molecule has 26 heavy (non-hydrogen) atoms. The van der Waals surface area contributed by atoms with Gasteiger partial charge in [0, 0.05) is 30.9 Å². The number of halogens is 1. The normalized spacial score (nSPS) is 19.4. The molecule has 1 atom stereocenters. The van der Waals surface area contributed by atoms with Crippen LogP contribution in [0.15, 0.2) is 48.5 Å². The summed E-state index contributed by atoms with van der Waals surface area (Å²) in [7, 11) is 0. The third kappa shape index (κ3) is 3.14. The Balaban J connectivity index is 1.45. The molecule has 5 nitrogen and oxygen atoms in total. The fourth-order valence-electron chi connectivity index (χ4n) is 3.67. The van der Waals surface area contributed by atoms with E-state index >= 15 is 0 Å². The number of amides is 3. The molecule has 0 aromatic heterocycles. The Bertz CT molecular complexity index is 837. The van der Waals surface area contributed by atoms with Crippen molar-refractivity contribution in [3.05, 3.63) is 59.9 Å².